The van der Waals surface area contributed by atoms with Gasteiger partial charge in [-0.2, -0.15) is 0 Å². The number of carbonyl (C=O) groups is 1. The van der Waals surface area contributed by atoms with Crippen molar-refractivity contribution in [3.05, 3.63) is 17.7 Å². The number of amides is 1. The van der Waals surface area contributed by atoms with Crippen LogP contribution in [0.15, 0.2) is 12.1 Å². The molecule has 1 aromatic carbocycles. The van der Waals surface area contributed by atoms with Crippen LogP contribution in [0.1, 0.15) is 16.8 Å². The second kappa shape index (κ2) is 6.47. The first-order chi connectivity index (χ1) is 9.69. The fourth-order valence-electron chi connectivity index (χ4n) is 2.26. The third-order valence-corrected chi connectivity index (χ3v) is 3.32. The Morgan fingerprint density at radius 2 is 1.85 bits per heavy atom. The van der Waals surface area contributed by atoms with Crippen molar-refractivity contribution in [1.82, 2.24) is 10.6 Å². The van der Waals surface area contributed by atoms with Gasteiger partial charge in [0.05, 0.1) is 21.3 Å². The van der Waals surface area contributed by atoms with E-state index < -0.39 is 0 Å². The largest absolute Gasteiger partial charge is 0.493 e. The highest BCUT2D eigenvalue weighted by Crippen LogP contribution is 2.38. The molecule has 0 unspecified atom stereocenters. The van der Waals surface area contributed by atoms with Crippen molar-refractivity contribution in [3.8, 4) is 17.2 Å². The molecule has 1 fully saturated rings. The molecule has 1 amide bonds. The van der Waals surface area contributed by atoms with Gasteiger partial charge in [0.25, 0.3) is 5.91 Å². The van der Waals surface area contributed by atoms with Crippen LogP contribution in [0.25, 0.3) is 0 Å². The first-order valence-electron chi connectivity index (χ1n) is 6.51. The molecule has 20 heavy (non-hydrogen) atoms. The van der Waals surface area contributed by atoms with Crippen molar-refractivity contribution in [2.75, 3.05) is 34.4 Å². The highest BCUT2D eigenvalue weighted by atomic mass is 16.5. The van der Waals surface area contributed by atoms with Gasteiger partial charge in [0.1, 0.15) is 0 Å². The standard InChI is InChI=1S/C14H20N2O4/c1-18-11-6-9(7-12(19-2)13(11)20-3)14(17)16-10-4-5-15-8-10/h6-7,10,15H,4-5,8H2,1-3H3,(H,16,17)/t10-/m0/s1. The smallest absolute Gasteiger partial charge is 0.251 e. The van der Waals surface area contributed by atoms with Crippen LogP contribution in [0.3, 0.4) is 0 Å². The molecule has 0 aliphatic carbocycles. The fourth-order valence-corrected chi connectivity index (χ4v) is 2.26. The maximum absolute atomic E-state index is 12.2. The second-order valence-corrected chi connectivity index (χ2v) is 4.58. The highest BCUT2D eigenvalue weighted by Gasteiger charge is 2.20. The molecule has 1 aliphatic rings. The lowest BCUT2D eigenvalue weighted by atomic mass is 10.1. The molecule has 0 spiro atoms. The van der Waals surface area contributed by atoms with Gasteiger partial charge < -0.3 is 24.8 Å². The number of hydrogen-bond acceptors (Lipinski definition) is 5. The summed E-state index contributed by atoms with van der Waals surface area (Å²) in [7, 11) is 4.59. The Balaban J connectivity index is 2.24. The summed E-state index contributed by atoms with van der Waals surface area (Å²) >= 11 is 0. The van der Waals surface area contributed by atoms with Crippen molar-refractivity contribution in [2.24, 2.45) is 0 Å². The SMILES string of the molecule is COc1cc(C(=O)N[C@H]2CCNC2)cc(OC)c1OC. The molecule has 6 nitrogen and oxygen atoms in total. The number of rotatable bonds is 5. The summed E-state index contributed by atoms with van der Waals surface area (Å²) in [6.07, 6.45) is 0.941. The average Bonchev–Trinajstić information content (AvgIpc) is 2.98. The topological polar surface area (TPSA) is 68.8 Å². The Kier molecular flexibility index (Phi) is 4.68. The molecule has 6 heteroatoms. The average molecular weight is 280 g/mol. The number of benzene rings is 1. The number of hydrogen-bond donors (Lipinski definition) is 2. The zero-order valence-corrected chi connectivity index (χ0v) is 12.0. The van der Waals surface area contributed by atoms with Crippen LogP contribution in [0, 0.1) is 0 Å². The third kappa shape index (κ3) is 2.96. The maximum Gasteiger partial charge on any atom is 0.251 e. The monoisotopic (exact) mass is 280 g/mol. The number of methoxy groups -OCH3 is 3. The van der Waals surface area contributed by atoms with Gasteiger partial charge in [0, 0.05) is 18.2 Å². The highest BCUT2D eigenvalue weighted by molar-refractivity contribution is 5.95. The Hall–Kier alpha value is -1.95. The van der Waals surface area contributed by atoms with Gasteiger partial charge in [-0.3, -0.25) is 4.79 Å². The first kappa shape index (κ1) is 14.5. The molecule has 1 saturated heterocycles. The Morgan fingerprint density at radius 1 is 1.20 bits per heavy atom. The van der Waals surface area contributed by atoms with Crippen LogP contribution in [-0.2, 0) is 0 Å². The normalized spacial score (nSPS) is 17.6. The molecule has 0 saturated carbocycles. The van der Waals surface area contributed by atoms with E-state index in [1.54, 1.807) is 12.1 Å². The van der Waals surface area contributed by atoms with Crippen molar-refractivity contribution in [2.45, 2.75) is 12.5 Å². The minimum atomic E-state index is -0.141. The number of nitrogens with one attached hydrogen (secondary N) is 2. The van der Waals surface area contributed by atoms with Gasteiger partial charge in [-0.15, -0.1) is 0 Å². The van der Waals surface area contributed by atoms with E-state index in [2.05, 4.69) is 10.6 Å². The second-order valence-electron chi connectivity index (χ2n) is 4.58. The van der Waals surface area contributed by atoms with E-state index in [1.165, 1.54) is 21.3 Å². The van der Waals surface area contributed by atoms with Crippen LogP contribution in [0.5, 0.6) is 17.2 Å². The Morgan fingerprint density at radius 3 is 2.30 bits per heavy atom. The minimum absolute atomic E-state index is 0.141. The summed E-state index contributed by atoms with van der Waals surface area (Å²) in [6.45, 7) is 1.73. The molecule has 2 rings (SSSR count). The predicted molar refractivity (Wildman–Crippen MR) is 74.8 cm³/mol. The first-order valence-corrected chi connectivity index (χ1v) is 6.51. The fraction of sp³-hybridized carbons (Fsp3) is 0.500. The number of ether oxygens (including phenoxy) is 3. The van der Waals surface area contributed by atoms with Gasteiger partial charge >= 0.3 is 0 Å². The summed E-state index contributed by atoms with van der Waals surface area (Å²) in [6, 6.07) is 3.47. The summed E-state index contributed by atoms with van der Waals surface area (Å²) in [4.78, 5) is 12.2. The van der Waals surface area contributed by atoms with Crippen LogP contribution < -0.4 is 24.8 Å². The van der Waals surface area contributed by atoms with E-state index in [9.17, 15) is 4.79 Å². The molecule has 0 aromatic heterocycles. The van der Waals surface area contributed by atoms with E-state index in [0.29, 0.717) is 22.8 Å². The van der Waals surface area contributed by atoms with Crippen molar-refractivity contribution in [3.63, 3.8) is 0 Å². The van der Waals surface area contributed by atoms with Crippen LogP contribution in [0.2, 0.25) is 0 Å². The molecule has 1 heterocycles. The van der Waals surface area contributed by atoms with Crippen molar-refractivity contribution in [1.29, 1.82) is 0 Å². The molecule has 0 bridgehead atoms. The zero-order chi connectivity index (χ0) is 14.5. The summed E-state index contributed by atoms with van der Waals surface area (Å²) in [5.74, 6) is 1.29. The van der Waals surface area contributed by atoms with Crippen LogP contribution in [-0.4, -0.2) is 46.4 Å². The quantitative estimate of drug-likeness (QED) is 0.835. The third-order valence-electron chi connectivity index (χ3n) is 3.32. The van der Waals surface area contributed by atoms with Crippen LogP contribution >= 0.6 is 0 Å². The van der Waals surface area contributed by atoms with Crippen molar-refractivity contribution < 1.29 is 19.0 Å². The van der Waals surface area contributed by atoms with E-state index >= 15 is 0 Å². The van der Waals surface area contributed by atoms with Gasteiger partial charge in [0.15, 0.2) is 11.5 Å². The summed E-state index contributed by atoms with van der Waals surface area (Å²) in [5, 5.41) is 6.19. The summed E-state index contributed by atoms with van der Waals surface area (Å²) < 4.78 is 15.7. The molecule has 2 N–H and O–H groups in total. The van der Waals surface area contributed by atoms with Gasteiger partial charge in [-0.25, -0.2) is 0 Å². The lowest BCUT2D eigenvalue weighted by Gasteiger charge is -2.15. The van der Waals surface area contributed by atoms with Crippen LogP contribution in [0.4, 0.5) is 0 Å². The van der Waals surface area contributed by atoms with E-state index in [-0.39, 0.29) is 11.9 Å². The van der Waals surface area contributed by atoms with Crippen molar-refractivity contribution >= 4 is 5.91 Å². The molecule has 1 atom stereocenters. The molecular weight excluding hydrogens is 260 g/mol. The predicted octanol–water partition coefficient (Wildman–Crippen LogP) is 0.804. The lowest BCUT2D eigenvalue weighted by molar-refractivity contribution is 0.0939. The minimum Gasteiger partial charge on any atom is -0.493 e. The summed E-state index contributed by atoms with van der Waals surface area (Å²) in [5.41, 5.74) is 0.492. The molecular formula is C14H20N2O4. The molecule has 0 radical (unpaired) electrons. The van der Waals surface area contributed by atoms with E-state index in [4.69, 9.17) is 14.2 Å². The molecule has 1 aromatic rings. The van der Waals surface area contributed by atoms with Gasteiger partial charge in [0.2, 0.25) is 5.75 Å². The molecule has 110 valence electrons. The van der Waals surface area contributed by atoms with Gasteiger partial charge in [-0.1, -0.05) is 0 Å². The molecule has 1 aliphatic heterocycles. The zero-order valence-electron chi connectivity index (χ0n) is 12.0. The Bertz CT molecular complexity index is 459. The van der Waals surface area contributed by atoms with E-state index in [1.807, 2.05) is 0 Å². The number of carbonyl (C=O) groups excluding carboxylic acids is 1. The van der Waals surface area contributed by atoms with E-state index in [0.717, 1.165) is 19.5 Å². The Labute approximate surface area is 118 Å². The lowest BCUT2D eigenvalue weighted by Crippen LogP contribution is -2.36. The maximum atomic E-state index is 12.2. The van der Waals surface area contributed by atoms with Gasteiger partial charge in [-0.05, 0) is 25.1 Å².